The molecule has 0 N–H and O–H groups in total. The van der Waals surface area contributed by atoms with Gasteiger partial charge in [0.25, 0.3) is 5.56 Å². The van der Waals surface area contributed by atoms with Gasteiger partial charge in [0, 0.05) is 33.7 Å². The predicted molar refractivity (Wildman–Crippen MR) is 97.5 cm³/mol. The van der Waals surface area contributed by atoms with Crippen molar-refractivity contribution in [2.75, 3.05) is 24.6 Å². The van der Waals surface area contributed by atoms with Crippen molar-refractivity contribution >= 4 is 23.1 Å². The van der Waals surface area contributed by atoms with Gasteiger partial charge in [-0.25, -0.2) is 4.79 Å². The molecule has 0 saturated carbocycles. The summed E-state index contributed by atoms with van der Waals surface area (Å²) >= 11 is 0. The van der Waals surface area contributed by atoms with Crippen LogP contribution in [-0.4, -0.2) is 44.4 Å². The van der Waals surface area contributed by atoms with Gasteiger partial charge in [0.2, 0.25) is 5.95 Å². The quantitative estimate of drug-likeness (QED) is 0.723. The zero-order chi connectivity index (χ0) is 19.0. The van der Waals surface area contributed by atoms with Crippen LogP contribution in [0.2, 0.25) is 0 Å². The predicted octanol–water partition coefficient (Wildman–Crippen LogP) is 0.233. The van der Waals surface area contributed by atoms with Gasteiger partial charge in [-0.3, -0.25) is 18.7 Å². The van der Waals surface area contributed by atoms with Gasteiger partial charge >= 0.3 is 11.7 Å². The first-order chi connectivity index (χ1) is 12.4. The Kier molecular flexibility index (Phi) is 4.88. The van der Waals surface area contributed by atoms with Crippen LogP contribution in [0, 0.1) is 5.92 Å². The molecule has 1 atom stereocenters. The Labute approximate surface area is 150 Å². The Hall–Kier alpha value is -2.58. The van der Waals surface area contributed by atoms with Gasteiger partial charge < -0.3 is 14.2 Å². The first-order valence-electron chi connectivity index (χ1n) is 8.98. The molecule has 26 heavy (non-hydrogen) atoms. The van der Waals surface area contributed by atoms with E-state index in [4.69, 9.17) is 4.74 Å². The lowest BCUT2D eigenvalue weighted by molar-refractivity contribution is -0.148. The Bertz CT molecular complexity index is 955. The third kappa shape index (κ3) is 2.81. The lowest BCUT2D eigenvalue weighted by Gasteiger charge is -2.32. The molecule has 2 aromatic rings. The summed E-state index contributed by atoms with van der Waals surface area (Å²) in [6.45, 7) is 5.87. The van der Waals surface area contributed by atoms with E-state index < -0.39 is 5.69 Å². The topological polar surface area (TPSA) is 91.4 Å². The molecule has 1 fully saturated rings. The Balaban J connectivity index is 2.09. The maximum Gasteiger partial charge on any atom is 0.332 e. The summed E-state index contributed by atoms with van der Waals surface area (Å²) in [4.78, 5) is 43.6. The maximum absolute atomic E-state index is 12.6. The van der Waals surface area contributed by atoms with E-state index in [-0.39, 0.29) is 17.4 Å². The van der Waals surface area contributed by atoms with E-state index in [0.29, 0.717) is 36.8 Å². The normalized spacial score (nSPS) is 17.7. The van der Waals surface area contributed by atoms with Crippen LogP contribution in [0.3, 0.4) is 0 Å². The molecule has 142 valence electrons. The molecule has 0 aliphatic carbocycles. The monoisotopic (exact) mass is 363 g/mol. The van der Waals surface area contributed by atoms with Gasteiger partial charge in [0.15, 0.2) is 11.2 Å². The molecule has 0 amide bonds. The molecule has 1 unspecified atom stereocenters. The zero-order valence-corrected chi connectivity index (χ0v) is 15.7. The molecule has 0 spiro atoms. The first-order valence-corrected chi connectivity index (χ1v) is 8.98. The molecule has 1 aliphatic heterocycles. The van der Waals surface area contributed by atoms with Crippen molar-refractivity contribution in [1.82, 2.24) is 18.7 Å². The number of rotatable bonds is 4. The van der Waals surface area contributed by atoms with Gasteiger partial charge in [0.05, 0.1) is 12.5 Å². The Morgan fingerprint density at radius 3 is 2.62 bits per heavy atom. The van der Waals surface area contributed by atoms with E-state index in [0.717, 1.165) is 24.0 Å². The lowest BCUT2D eigenvalue weighted by atomic mass is 9.98. The minimum atomic E-state index is -0.405. The second-order valence-corrected chi connectivity index (χ2v) is 6.57. The van der Waals surface area contributed by atoms with Crippen molar-refractivity contribution < 1.29 is 9.53 Å². The molecule has 9 heteroatoms. The Morgan fingerprint density at radius 2 is 1.96 bits per heavy atom. The van der Waals surface area contributed by atoms with E-state index in [1.54, 1.807) is 14.0 Å². The van der Waals surface area contributed by atoms with Gasteiger partial charge in [-0.2, -0.15) is 4.98 Å². The van der Waals surface area contributed by atoms with Crippen molar-refractivity contribution in [3.63, 3.8) is 0 Å². The molecular weight excluding hydrogens is 338 g/mol. The third-order valence-electron chi connectivity index (χ3n) is 4.97. The summed E-state index contributed by atoms with van der Waals surface area (Å²) < 4.78 is 9.47. The molecule has 0 aromatic carbocycles. The van der Waals surface area contributed by atoms with Crippen LogP contribution in [0.15, 0.2) is 9.59 Å². The second kappa shape index (κ2) is 6.97. The van der Waals surface area contributed by atoms with Crippen LogP contribution >= 0.6 is 0 Å². The third-order valence-corrected chi connectivity index (χ3v) is 4.97. The number of hydrogen-bond donors (Lipinski definition) is 0. The highest BCUT2D eigenvalue weighted by Gasteiger charge is 2.30. The molecule has 3 rings (SSSR count). The van der Waals surface area contributed by atoms with Crippen LogP contribution in [0.5, 0.6) is 0 Å². The van der Waals surface area contributed by atoms with E-state index in [9.17, 15) is 14.4 Å². The average Bonchev–Trinajstić information content (AvgIpc) is 3.04. The van der Waals surface area contributed by atoms with Gasteiger partial charge in [-0.15, -0.1) is 0 Å². The fraction of sp³-hybridized carbons (Fsp3) is 0.647. The standard InChI is InChI=1S/C17H25N5O4/c1-5-22-12-13(19(3)17(25)20(4)14(12)23)18-16(22)21-9-7-8-11(10-21)15(24)26-6-2/h11H,5-10H2,1-4H3. The number of hydrogen-bond acceptors (Lipinski definition) is 6. The highest BCUT2D eigenvalue weighted by molar-refractivity contribution is 5.76. The molecule has 9 nitrogen and oxygen atoms in total. The maximum atomic E-state index is 12.6. The summed E-state index contributed by atoms with van der Waals surface area (Å²) in [6.07, 6.45) is 1.62. The van der Waals surface area contributed by atoms with Gasteiger partial charge in [0.1, 0.15) is 0 Å². The average molecular weight is 363 g/mol. The molecule has 0 bridgehead atoms. The number of imidazole rings is 1. The fourth-order valence-corrected chi connectivity index (χ4v) is 3.59. The molecule has 3 heterocycles. The van der Waals surface area contributed by atoms with Crippen LogP contribution in [0.4, 0.5) is 5.95 Å². The van der Waals surface area contributed by atoms with E-state index in [1.165, 1.54) is 11.6 Å². The summed E-state index contributed by atoms with van der Waals surface area (Å²) in [5.74, 6) is 0.218. The van der Waals surface area contributed by atoms with Crippen LogP contribution in [0.25, 0.3) is 11.2 Å². The van der Waals surface area contributed by atoms with E-state index in [1.807, 2.05) is 16.4 Å². The SMILES string of the molecule is CCOC(=O)C1CCCN(c2nc3c(c(=O)n(C)c(=O)n3C)n2CC)C1. The number of carbonyl (C=O) groups is 1. The minimum Gasteiger partial charge on any atom is -0.466 e. The van der Waals surface area contributed by atoms with Crippen LogP contribution < -0.4 is 16.1 Å². The van der Waals surface area contributed by atoms with Crippen LogP contribution in [-0.2, 0) is 30.2 Å². The van der Waals surface area contributed by atoms with Crippen molar-refractivity contribution in [1.29, 1.82) is 0 Å². The number of aromatic nitrogens is 4. The van der Waals surface area contributed by atoms with E-state index >= 15 is 0 Å². The summed E-state index contributed by atoms with van der Waals surface area (Å²) in [5.41, 5.74) is 0.0130. The highest BCUT2D eigenvalue weighted by Crippen LogP contribution is 2.25. The largest absolute Gasteiger partial charge is 0.466 e. The van der Waals surface area contributed by atoms with Gasteiger partial charge in [-0.05, 0) is 26.7 Å². The molecule has 1 aliphatic rings. The number of carbonyl (C=O) groups excluding carboxylic acids is 1. The lowest BCUT2D eigenvalue weighted by Crippen LogP contribution is -2.41. The molecule has 0 radical (unpaired) electrons. The minimum absolute atomic E-state index is 0.195. The number of piperidine rings is 1. The van der Waals surface area contributed by atoms with Crippen molar-refractivity contribution in [2.45, 2.75) is 33.2 Å². The first kappa shape index (κ1) is 18.2. The molecular formula is C17H25N5O4. The number of ether oxygens (including phenoxy) is 1. The smallest absolute Gasteiger partial charge is 0.332 e. The number of aryl methyl sites for hydroxylation is 2. The number of nitrogens with zero attached hydrogens (tertiary/aromatic N) is 5. The van der Waals surface area contributed by atoms with Crippen molar-refractivity contribution in [3.8, 4) is 0 Å². The van der Waals surface area contributed by atoms with Crippen molar-refractivity contribution in [2.24, 2.45) is 20.0 Å². The van der Waals surface area contributed by atoms with Gasteiger partial charge in [-0.1, -0.05) is 0 Å². The Morgan fingerprint density at radius 1 is 1.23 bits per heavy atom. The second-order valence-electron chi connectivity index (χ2n) is 6.57. The summed E-state index contributed by atoms with van der Waals surface area (Å²) in [7, 11) is 3.08. The van der Waals surface area contributed by atoms with E-state index in [2.05, 4.69) is 4.98 Å². The summed E-state index contributed by atoms with van der Waals surface area (Å²) in [6, 6.07) is 0. The number of anilines is 1. The highest BCUT2D eigenvalue weighted by atomic mass is 16.5. The molecule has 1 saturated heterocycles. The summed E-state index contributed by atoms with van der Waals surface area (Å²) in [5, 5.41) is 0. The van der Waals surface area contributed by atoms with Crippen molar-refractivity contribution in [3.05, 3.63) is 20.8 Å². The number of fused-ring (bicyclic) bond motifs is 1. The van der Waals surface area contributed by atoms with Crippen LogP contribution in [0.1, 0.15) is 26.7 Å². The number of esters is 1. The zero-order valence-electron chi connectivity index (χ0n) is 15.7. The fourth-order valence-electron chi connectivity index (χ4n) is 3.59. The molecule has 2 aromatic heterocycles.